The fraction of sp³-hybridized carbons (Fsp3) is 0.611. The Hall–Kier alpha value is -1.30. The highest BCUT2D eigenvalue weighted by atomic mass is 35.5. The Balaban J connectivity index is 1.75. The first-order chi connectivity index (χ1) is 11.4. The van der Waals surface area contributed by atoms with Gasteiger partial charge >= 0.3 is 0 Å². The van der Waals surface area contributed by atoms with Crippen molar-refractivity contribution >= 4 is 17.5 Å². The number of rotatable bonds is 7. The highest BCUT2D eigenvalue weighted by molar-refractivity contribution is 6.31. The maximum atomic E-state index is 12.4. The van der Waals surface area contributed by atoms with E-state index in [9.17, 15) is 4.79 Å². The molecule has 0 spiro atoms. The summed E-state index contributed by atoms with van der Waals surface area (Å²) in [5.74, 6) is 0.530. The standard InChI is InChI=1S/C18H27ClN2O3/c1-14-13-15(5-6-16(14)19)24-18(2,3)17(22)20-7-4-8-21-9-11-23-12-10-21/h5-6,13H,4,7-12H2,1-3H3,(H,20,22). The molecule has 0 aromatic heterocycles. The fourth-order valence-corrected chi connectivity index (χ4v) is 2.68. The minimum Gasteiger partial charge on any atom is -0.478 e. The topological polar surface area (TPSA) is 50.8 Å². The largest absolute Gasteiger partial charge is 0.478 e. The number of halogens is 1. The molecule has 0 unspecified atom stereocenters. The van der Waals surface area contributed by atoms with E-state index in [2.05, 4.69) is 10.2 Å². The van der Waals surface area contributed by atoms with E-state index < -0.39 is 5.60 Å². The molecule has 24 heavy (non-hydrogen) atoms. The number of nitrogens with zero attached hydrogens (tertiary/aromatic N) is 1. The molecule has 0 aliphatic carbocycles. The smallest absolute Gasteiger partial charge is 0.263 e. The zero-order valence-corrected chi connectivity index (χ0v) is 15.5. The van der Waals surface area contributed by atoms with Crippen LogP contribution < -0.4 is 10.1 Å². The highest BCUT2D eigenvalue weighted by Crippen LogP contribution is 2.24. The minimum atomic E-state index is -0.931. The average Bonchev–Trinajstić information content (AvgIpc) is 2.55. The number of benzene rings is 1. The van der Waals surface area contributed by atoms with Crippen LogP contribution in [0.5, 0.6) is 5.75 Å². The first kappa shape index (κ1) is 19.0. The molecule has 1 saturated heterocycles. The lowest BCUT2D eigenvalue weighted by atomic mass is 10.1. The Morgan fingerprint density at radius 1 is 1.38 bits per heavy atom. The van der Waals surface area contributed by atoms with Crippen molar-refractivity contribution in [3.63, 3.8) is 0 Å². The highest BCUT2D eigenvalue weighted by Gasteiger charge is 2.29. The van der Waals surface area contributed by atoms with Gasteiger partial charge in [0.25, 0.3) is 5.91 Å². The van der Waals surface area contributed by atoms with Crippen molar-refractivity contribution in [3.05, 3.63) is 28.8 Å². The lowest BCUT2D eigenvalue weighted by Crippen LogP contribution is -2.47. The second-order valence-corrected chi connectivity index (χ2v) is 6.99. The maximum Gasteiger partial charge on any atom is 0.263 e. The van der Waals surface area contributed by atoms with Crippen LogP contribution in [-0.2, 0) is 9.53 Å². The van der Waals surface area contributed by atoms with Gasteiger partial charge in [-0.1, -0.05) is 11.6 Å². The zero-order valence-electron chi connectivity index (χ0n) is 14.7. The summed E-state index contributed by atoms with van der Waals surface area (Å²) >= 11 is 6.02. The number of aryl methyl sites for hydroxylation is 1. The third-order valence-corrected chi connectivity index (χ3v) is 4.51. The number of amides is 1. The molecule has 0 radical (unpaired) electrons. The van der Waals surface area contributed by atoms with E-state index >= 15 is 0 Å². The van der Waals surface area contributed by atoms with Gasteiger partial charge in [0.05, 0.1) is 13.2 Å². The zero-order chi connectivity index (χ0) is 17.6. The van der Waals surface area contributed by atoms with Crippen LogP contribution in [-0.4, -0.2) is 55.8 Å². The van der Waals surface area contributed by atoms with Gasteiger partial charge in [-0.3, -0.25) is 9.69 Å². The van der Waals surface area contributed by atoms with Crippen LogP contribution in [0.1, 0.15) is 25.8 Å². The molecule has 1 aromatic carbocycles. The van der Waals surface area contributed by atoms with Crippen LogP contribution >= 0.6 is 11.6 Å². The SMILES string of the molecule is Cc1cc(OC(C)(C)C(=O)NCCCN2CCOCC2)ccc1Cl. The second kappa shape index (κ2) is 8.70. The Kier molecular flexibility index (Phi) is 6.90. The van der Waals surface area contributed by atoms with E-state index in [0.717, 1.165) is 44.8 Å². The van der Waals surface area contributed by atoms with Crippen LogP contribution in [0.2, 0.25) is 5.02 Å². The average molecular weight is 355 g/mol. The van der Waals surface area contributed by atoms with Gasteiger partial charge in [0.15, 0.2) is 5.60 Å². The summed E-state index contributed by atoms with van der Waals surface area (Å²) in [4.78, 5) is 14.7. The first-order valence-corrected chi connectivity index (χ1v) is 8.80. The summed E-state index contributed by atoms with van der Waals surface area (Å²) in [7, 11) is 0. The lowest BCUT2D eigenvalue weighted by Gasteiger charge is -2.27. The van der Waals surface area contributed by atoms with Crippen molar-refractivity contribution in [2.75, 3.05) is 39.4 Å². The molecule has 134 valence electrons. The van der Waals surface area contributed by atoms with E-state index in [0.29, 0.717) is 17.3 Å². The van der Waals surface area contributed by atoms with E-state index in [1.807, 2.05) is 13.0 Å². The minimum absolute atomic E-state index is 0.114. The molecule has 1 amide bonds. The molecule has 1 N–H and O–H groups in total. The number of hydrogen-bond acceptors (Lipinski definition) is 4. The van der Waals surface area contributed by atoms with Gasteiger partial charge in [-0.05, 0) is 57.5 Å². The third-order valence-electron chi connectivity index (χ3n) is 4.09. The van der Waals surface area contributed by atoms with Gasteiger partial charge in [-0.15, -0.1) is 0 Å². The fourth-order valence-electron chi connectivity index (χ4n) is 2.56. The predicted octanol–water partition coefficient (Wildman–Crippen LogP) is 2.64. The van der Waals surface area contributed by atoms with Gasteiger partial charge < -0.3 is 14.8 Å². The van der Waals surface area contributed by atoms with E-state index in [-0.39, 0.29) is 5.91 Å². The van der Waals surface area contributed by atoms with Crippen LogP contribution in [0, 0.1) is 6.92 Å². The van der Waals surface area contributed by atoms with Gasteiger partial charge in [0.1, 0.15) is 5.75 Å². The molecule has 1 heterocycles. The van der Waals surface area contributed by atoms with E-state index in [4.69, 9.17) is 21.1 Å². The summed E-state index contributed by atoms with van der Waals surface area (Å²) in [5.41, 5.74) is -0.00457. The van der Waals surface area contributed by atoms with Crippen LogP contribution in [0.3, 0.4) is 0 Å². The Morgan fingerprint density at radius 2 is 2.08 bits per heavy atom. The van der Waals surface area contributed by atoms with Crippen molar-refractivity contribution < 1.29 is 14.3 Å². The third kappa shape index (κ3) is 5.65. The van der Waals surface area contributed by atoms with Gasteiger partial charge in [0, 0.05) is 24.7 Å². The molecule has 0 bridgehead atoms. The molecule has 1 aromatic rings. The first-order valence-electron chi connectivity index (χ1n) is 8.42. The number of carbonyl (C=O) groups is 1. The Morgan fingerprint density at radius 3 is 2.75 bits per heavy atom. The van der Waals surface area contributed by atoms with E-state index in [1.54, 1.807) is 26.0 Å². The van der Waals surface area contributed by atoms with Crippen molar-refractivity contribution in [2.45, 2.75) is 32.8 Å². The van der Waals surface area contributed by atoms with Crippen LogP contribution in [0.15, 0.2) is 18.2 Å². The van der Waals surface area contributed by atoms with Crippen molar-refractivity contribution in [2.24, 2.45) is 0 Å². The molecule has 1 fully saturated rings. The summed E-state index contributed by atoms with van der Waals surface area (Å²) in [6.45, 7) is 10.6. The number of carbonyl (C=O) groups excluding carboxylic acids is 1. The normalized spacial score (nSPS) is 16.0. The molecule has 5 nitrogen and oxygen atoms in total. The van der Waals surface area contributed by atoms with Crippen LogP contribution in [0.4, 0.5) is 0 Å². The molecule has 2 rings (SSSR count). The molecule has 1 aliphatic rings. The maximum absolute atomic E-state index is 12.4. The van der Waals surface area contributed by atoms with Gasteiger partial charge in [-0.2, -0.15) is 0 Å². The number of nitrogens with one attached hydrogen (secondary N) is 1. The Bertz CT molecular complexity index is 557. The summed E-state index contributed by atoms with van der Waals surface area (Å²) < 4.78 is 11.2. The van der Waals surface area contributed by atoms with Gasteiger partial charge in [-0.25, -0.2) is 0 Å². The van der Waals surface area contributed by atoms with Gasteiger partial charge in [0.2, 0.25) is 0 Å². The van der Waals surface area contributed by atoms with Crippen molar-refractivity contribution in [3.8, 4) is 5.75 Å². The Labute approximate surface area is 149 Å². The molecule has 0 atom stereocenters. The molecule has 1 aliphatic heterocycles. The number of hydrogen-bond donors (Lipinski definition) is 1. The summed E-state index contributed by atoms with van der Waals surface area (Å²) in [5, 5.41) is 3.65. The molecule has 6 heteroatoms. The monoisotopic (exact) mass is 354 g/mol. The predicted molar refractivity (Wildman–Crippen MR) is 95.8 cm³/mol. The van der Waals surface area contributed by atoms with Crippen molar-refractivity contribution in [1.82, 2.24) is 10.2 Å². The molecular weight excluding hydrogens is 328 g/mol. The molecule has 0 saturated carbocycles. The second-order valence-electron chi connectivity index (χ2n) is 6.59. The van der Waals surface area contributed by atoms with E-state index in [1.165, 1.54) is 0 Å². The molecular formula is C18H27ClN2O3. The summed E-state index contributed by atoms with van der Waals surface area (Å²) in [6.07, 6.45) is 0.919. The summed E-state index contributed by atoms with van der Waals surface area (Å²) in [6, 6.07) is 5.40. The number of morpholine rings is 1. The number of ether oxygens (including phenoxy) is 2. The quantitative estimate of drug-likeness (QED) is 0.765. The van der Waals surface area contributed by atoms with Crippen molar-refractivity contribution in [1.29, 1.82) is 0 Å². The van der Waals surface area contributed by atoms with Crippen LogP contribution in [0.25, 0.3) is 0 Å². The lowest BCUT2D eigenvalue weighted by molar-refractivity contribution is -0.134.